The zero-order valence-corrected chi connectivity index (χ0v) is 26.2. The van der Waals surface area contributed by atoms with Crippen LogP contribution < -0.4 is 0 Å². The normalized spacial score (nSPS) is 10.7. The molecule has 0 saturated heterocycles. The van der Waals surface area contributed by atoms with Crippen molar-refractivity contribution in [1.29, 1.82) is 0 Å². The van der Waals surface area contributed by atoms with Crippen molar-refractivity contribution in [2.45, 2.75) is 53.4 Å². The molecule has 4 aromatic carbocycles. The quantitative estimate of drug-likeness (QED) is 0.128. The van der Waals surface area contributed by atoms with Crippen LogP contribution in [-0.2, 0) is 51.9 Å². The third-order valence-electron chi connectivity index (χ3n) is 7.14. The largest absolute Gasteiger partial charge is 2.00 e. The molecule has 0 saturated carbocycles. The Hall–Kier alpha value is -3.02. The smallest absolute Gasteiger partial charge is 0.219 e. The fraction of sp³-hybridized carbons (Fsp3) is 0.211. The molecule has 4 aromatic rings. The molecule has 4 rings (SSSR count). The van der Waals surface area contributed by atoms with E-state index in [2.05, 4.69) is 137 Å². The molecule has 39 heavy (non-hydrogen) atoms. The van der Waals surface area contributed by atoms with Gasteiger partial charge >= 0.3 is 26.2 Å². The van der Waals surface area contributed by atoms with E-state index in [9.17, 15) is 0 Å². The fourth-order valence-electron chi connectivity index (χ4n) is 4.55. The minimum atomic E-state index is 0. The molecule has 0 atom stereocenters. The summed E-state index contributed by atoms with van der Waals surface area (Å²) in [6, 6.07) is 35.4. The van der Waals surface area contributed by atoms with Crippen LogP contribution >= 0.6 is 0 Å². The number of hydrogen-bond acceptors (Lipinski definition) is 0. The molecule has 0 radical (unpaired) electrons. The van der Waals surface area contributed by atoms with Gasteiger partial charge in [0.05, 0.1) is 0 Å². The monoisotopic (exact) mass is 584 g/mol. The van der Waals surface area contributed by atoms with Crippen molar-refractivity contribution in [2.75, 3.05) is 0 Å². The van der Waals surface area contributed by atoms with Crippen molar-refractivity contribution in [3.8, 4) is 0 Å². The summed E-state index contributed by atoms with van der Waals surface area (Å²) < 4.78 is 0. The summed E-state index contributed by atoms with van der Waals surface area (Å²) in [5.74, 6) is 0. The second-order valence-corrected chi connectivity index (χ2v) is 9.57. The van der Waals surface area contributed by atoms with Crippen LogP contribution in [-0.4, -0.2) is 0 Å². The van der Waals surface area contributed by atoms with Gasteiger partial charge in [-0.1, -0.05) is 147 Å². The van der Waals surface area contributed by atoms with Gasteiger partial charge in [-0.05, 0) is 47.9 Å². The molecule has 194 valence electrons. The average Bonchev–Trinajstić information content (AvgIpc) is 2.99. The van der Waals surface area contributed by atoms with Crippen molar-refractivity contribution in [1.82, 2.24) is 0 Å². The van der Waals surface area contributed by atoms with Crippen LogP contribution in [0.1, 0.15) is 72.2 Å². The predicted molar refractivity (Wildman–Crippen MR) is 164 cm³/mol. The first-order chi connectivity index (χ1) is 18.6. The molecule has 0 amide bonds. The van der Waals surface area contributed by atoms with E-state index < -0.39 is 0 Å². The molecule has 0 unspecified atom stereocenters. The van der Waals surface area contributed by atoms with E-state index in [0.717, 1.165) is 36.8 Å². The molecule has 0 N–H and O–H groups in total. The van der Waals surface area contributed by atoms with Gasteiger partial charge in [0.1, 0.15) is 0 Å². The van der Waals surface area contributed by atoms with Crippen LogP contribution in [0.15, 0.2) is 109 Å². The third kappa shape index (κ3) is 8.23. The van der Waals surface area contributed by atoms with Gasteiger partial charge < -0.3 is 0 Å². The Labute approximate surface area is 255 Å². The first kappa shape index (κ1) is 30.5. The van der Waals surface area contributed by atoms with Gasteiger partial charge in [0.25, 0.3) is 0 Å². The first-order valence-electron chi connectivity index (χ1n) is 13.9. The van der Waals surface area contributed by atoms with Crippen LogP contribution in [0.25, 0.3) is 11.1 Å². The molecule has 0 heterocycles. The fourth-order valence-corrected chi connectivity index (χ4v) is 4.55. The standard InChI is InChI=1S/C38H38.Zr/c1-5-29-13-21-33(22-14-29)37(34-23-15-30(6-2)16-24-34)11-9-10-12-38(35-25-17-31(7-3)18-26-35)36-27-19-32(8-4)20-28-36;/h9-10,13-28H,5-8H2,1-4H3;/q-2;+2/b10-9-;. The van der Waals surface area contributed by atoms with E-state index in [-0.39, 0.29) is 26.2 Å². The Bertz CT molecular complexity index is 1170. The SMILES string of the molecule is CCc1ccc(C(=[C-]/C=C\[C-]=C(c2ccc(CC)cc2)c2ccc(CC)cc2)c2ccc(CC)cc2)cc1.[Zr+2]. The number of rotatable bonds is 10. The molecule has 0 aliphatic rings. The van der Waals surface area contributed by atoms with Crippen molar-refractivity contribution < 1.29 is 26.2 Å². The summed E-state index contributed by atoms with van der Waals surface area (Å²) in [6.45, 7) is 8.76. The van der Waals surface area contributed by atoms with Gasteiger partial charge in [0, 0.05) is 0 Å². The van der Waals surface area contributed by atoms with E-state index in [1.54, 1.807) is 0 Å². The van der Waals surface area contributed by atoms with Crippen LogP contribution in [0.2, 0.25) is 0 Å². The molecule has 0 aromatic heterocycles. The third-order valence-corrected chi connectivity index (χ3v) is 7.14. The van der Waals surface area contributed by atoms with Crippen LogP contribution in [0, 0.1) is 12.2 Å². The van der Waals surface area contributed by atoms with E-state index in [1.807, 2.05) is 12.2 Å². The number of benzene rings is 4. The van der Waals surface area contributed by atoms with E-state index in [0.29, 0.717) is 0 Å². The van der Waals surface area contributed by atoms with Gasteiger partial charge in [-0.25, -0.2) is 12.2 Å². The zero-order chi connectivity index (χ0) is 26.7. The van der Waals surface area contributed by atoms with Crippen molar-refractivity contribution in [2.24, 2.45) is 0 Å². The van der Waals surface area contributed by atoms with Crippen LogP contribution in [0.4, 0.5) is 0 Å². The summed E-state index contributed by atoms with van der Waals surface area (Å²) in [5, 5.41) is 0. The van der Waals surface area contributed by atoms with E-state index in [1.165, 1.54) is 44.5 Å². The Balaban J connectivity index is 0.00000420. The molecular formula is C38H38Zr. The summed E-state index contributed by atoms with van der Waals surface area (Å²) in [5.41, 5.74) is 12.2. The summed E-state index contributed by atoms with van der Waals surface area (Å²) >= 11 is 0. The van der Waals surface area contributed by atoms with E-state index >= 15 is 0 Å². The van der Waals surface area contributed by atoms with Gasteiger partial charge in [0.15, 0.2) is 0 Å². The Morgan fingerprint density at radius 2 is 0.615 bits per heavy atom. The number of hydrogen-bond donors (Lipinski definition) is 0. The second kappa shape index (κ2) is 15.5. The van der Waals surface area contributed by atoms with Gasteiger partial charge in [-0.15, -0.1) is 11.1 Å². The van der Waals surface area contributed by atoms with Crippen molar-refractivity contribution in [3.63, 3.8) is 0 Å². The zero-order valence-electron chi connectivity index (χ0n) is 23.7. The van der Waals surface area contributed by atoms with Crippen LogP contribution in [0.3, 0.4) is 0 Å². The summed E-state index contributed by atoms with van der Waals surface area (Å²) in [7, 11) is 0. The van der Waals surface area contributed by atoms with Gasteiger partial charge in [-0.2, -0.15) is 12.2 Å². The molecule has 1 heteroatoms. The maximum atomic E-state index is 3.58. The minimum Gasteiger partial charge on any atom is -0.219 e. The number of allylic oxidation sites excluding steroid dienone is 4. The number of aryl methyl sites for hydroxylation is 4. The summed E-state index contributed by atoms with van der Waals surface area (Å²) in [6.07, 6.45) is 15.3. The van der Waals surface area contributed by atoms with Crippen LogP contribution in [0.5, 0.6) is 0 Å². The maximum absolute atomic E-state index is 3.58. The summed E-state index contributed by atoms with van der Waals surface area (Å²) in [4.78, 5) is 0. The molecule has 0 nitrogen and oxygen atoms in total. The molecule has 0 fully saturated rings. The Morgan fingerprint density at radius 1 is 0.410 bits per heavy atom. The minimum absolute atomic E-state index is 0. The molecule has 0 aliphatic heterocycles. The van der Waals surface area contributed by atoms with Gasteiger partial charge in [-0.3, -0.25) is 0 Å². The average molecular weight is 586 g/mol. The van der Waals surface area contributed by atoms with Crippen molar-refractivity contribution in [3.05, 3.63) is 166 Å². The predicted octanol–water partition coefficient (Wildman–Crippen LogP) is 9.66. The molecule has 0 aliphatic carbocycles. The Kier molecular flexibility index (Phi) is 12.2. The Morgan fingerprint density at radius 3 is 0.795 bits per heavy atom. The maximum Gasteiger partial charge on any atom is 2.00 e. The van der Waals surface area contributed by atoms with Crippen molar-refractivity contribution >= 4 is 11.1 Å². The topological polar surface area (TPSA) is 0 Å². The molecule has 0 spiro atoms. The second-order valence-electron chi connectivity index (χ2n) is 9.57. The molecular weight excluding hydrogens is 548 g/mol. The first-order valence-corrected chi connectivity index (χ1v) is 13.9. The van der Waals surface area contributed by atoms with E-state index in [4.69, 9.17) is 0 Å². The molecule has 0 bridgehead atoms. The van der Waals surface area contributed by atoms with Gasteiger partial charge in [0.2, 0.25) is 0 Å².